The zero-order chi connectivity index (χ0) is 27.6. The number of rotatable bonds is 6. The summed E-state index contributed by atoms with van der Waals surface area (Å²) in [6.45, 7) is 7.36. The standard InChI is InChI=1S/C31H33N7O2/c1-21-16-24(9-10-28(21)37-13-11-36(2)12-14-37)34-31-33-19-23-17-27(26-8-4-3-6-22(26)18-32)30(39)38(29(23)35-31)20-25-7-5-15-40-25/h3-4,6,8-10,16-17,19,25H,5,7,11-15,20H2,1-2H3,(H,33,34,35)/t25-/m1/s1. The third-order valence-electron chi connectivity index (χ3n) is 7.87. The molecule has 2 saturated heterocycles. The van der Waals surface area contributed by atoms with Gasteiger partial charge in [0.1, 0.15) is 5.65 Å². The molecule has 0 spiro atoms. The summed E-state index contributed by atoms with van der Waals surface area (Å²) in [5, 5.41) is 13.7. The van der Waals surface area contributed by atoms with Crippen molar-refractivity contribution in [1.29, 1.82) is 5.26 Å². The second-order valence-corrected chi connectivity index (χ2v) is 10.7. The molecular formula is C31H33N7O2. The Morgan fingerprint density at radius 1 is 1.10 bits per heavy atom. The van der Waals surface area contributed by atoms with Gasteiger partial charge in [0.05, 0.1) is 24.3 Å². The highest BCUT2D eigenvalue weighted by Crippen LogP contribution is 2.28. The van der Waals surface area contributed by atoms with Crippen LogP contribution >= 0.6 is 0 Å². The Bertz CT molecular complexity index is 1640. The average molecular weight is 536 g/mol. The Morgan fingerprint density at radius 2 is 1.93 bits per heavy atom. The van der Waals surface area contributed by atoms with Gasteiger partial charge in [0.2, 0.25) is 5.95 Å². The van der Waals surface area contributed by atoms with Crippen molar-refractivity contribution in [3.05, 3.63) is 76.2 Å². The first-order valence-corrected chi connectivity index (χ1v) is 13.8. The van der Waals surface area contributed by atoms with Gasteiger partial charge < -0.3 is 19.9 Å². The quantitative estimate of drug-likeness (QED) is 0.390. The minimum absolute atomic E-state index is 0.0569. The first-order valence-electron chi connectivity index (χ1n) is 13.8. The number of anilines is 3. The number of nitrogens with one attached hydrogen (secondary N) is 1. The summed E-state index contributed by atoms with van der Waals surface area (Å²) in [6, 6.07) is 17.5. The van der Waals surface area contributed by atoms with Crippen molar-refractivity contribution in [2.75, 3.05) is 50.1 Å². The molecule has 0 saturated carbocycles. The van der Waals surface area contributed by atoms with Gasteiger partial charge in [-0.1, -0.05) is 18.2 Å². The number of nitrogens with zero attached hydrogens (tertiary/aromatic N) is 6. The number of hydrogen-bond acceptors (Lipinski definition) is 8. The van der Waals surface area contributed by atoms with Gasteiger partial charge in [-0.25, -0.2) is 4.98 Å². The highest BCUT2D eigenvalue weighted by atomic mass is 16.5. The molecule has 0 aliphatic carbocycles. The minimum Gasteiger partial charge on any atom is -0.376 e. The molecule has 2 aliphatic heterocycles. The second-order valence-electron chi connectivity index (χ2n) is 10.7. The van der Waals surface area contributed by atoms with E-state index in [1.54, 1.807) is 29.0 Å². The van der Waals surface area contributed by atoms with Gasteiger partial charge in [0, 0.05) is 66.9 Å². The van der Waals surface area contributed by atoms with E-state index in [0.717, 1.165) is 50.1 Å². The molecule has 4 heterocycles. The van der Waals surface area contributed by atoms with Crippen LogP contribution in [-0.2, 0) is 11.3 Å². The van der Waals surface area contributed by atoms with Crippen molar-refractivity contribution < 1.29 is 4.74 Å². The predicted octanol–water partition coefficient (Wildman–Crippen LogP) is 4.31. The molecule has 9 nitrogen and oxygen atoms in total. The van der Waals surface area contributed by atoms with Crippen molar-refractivity contribution in [1.82, 2.24) is 19.4 Å². The van der Waals surface area contributed by atoms with E-state index in [9.17, 15) is 10.1 Å². The maximum Gasteiger partial charge on any atom is 0.260 e. The van der Waals surface area contributed by atoms with E-state index in [-0.39, 0.29) is 11.7 Å². The van der Waals surface area contributed by atoms with Crippen LogP contribution in [-0.4, -0.2) is 65.4 Å². The predicted molar refractivity (Wildman–Crippen MR) is 157 cm³/mol. The average Bonchev–Trinajstić information content (AvgIpc) is 3.49. The number of ether oxygens (including phenoxy) is 1. The van der Waals surface area contributed by atoms with Crippen LogP contribution in [0.4, 0.5) is 17.3 Å². The fraction of sp³-hybridized carbons (Fsp3) is 0.355. The summed E-state index contributed by atoms with van der Waals surface area (Å²) in [5.74, 6) is 0.421. The topological polar surface area (TPSA) is 99.3 Å². The molecule has 0 radical (unpaired) electrons. The number of aryl methyl sites for hydroxylation is 1. The molecule has 1 N–H and O–H groups in total. The summed E-state index contributed by atoms with van der Waals surface area (Å²) in [5.41, 5.74) is 5.20. The van der Waals surface area contributed by atoms with Gasteiger partial charge in [0.25, 0.3) is 5.56 Å². The van der Waals surface area contributed by atoms with Crippen LogP contribution in [0.1, 0.15) is 24.0 Å². The number of benzene rings is 2. The number of aromatic nitrogens is 3. The summed E-state index contributed by atoms with van der Waals surface area (Å²) in [6.07, 6.45) is 3.54. The normalized spacial score (nSPS) is 17.7. The van der Waals surface area contributed by atoms with E-state index < -0.39 is 0 Å². The number of nitriles is 1. The monoisotopic (exact) mass is 535 g/mol. The lowest BCUT2D eigenvalue weighted by Gasteiger charge is -2.35. The van der Waals surface area contributed by atoms with Crippen LogP contribution in [0, 0.1) is 18.3 Å². The van der Waals surface area contributed by atoms with Crippen molar-refractivity contribution >= 4 is 28.4 Å². The summed E-state index contributed by atoms with van der Waals surface area (Å²) in [4.78, 5) is 28.0. The van der Waals surface area contributed by atoms with Crippen molar-refractivity contribution in [2.24, 2.45) is 0 Å². The molecule has 1 atom stereocenters. The van der Waals surface area contributed by atoms with Crippen LogP contribution in [0.2, 0.25) is 0 Å². The molecule has 0 unspecified atom stereocenters. The fourth-order valence-corrected chi connectivity index (χ4v) is 5.65. The molecule has 0 amide bonds. The zero-order valence-electron chi connectivity index (χ0n) is 22.9. The van der Waals surface area contributed by atoms with E-state index in [0.29, 0.717) is 41.4 Å². The van der Waals surface area contributed by atoms with Crippen molar-refractivity contribution in [3.8, 4) is 17.2 Å². The molecule has 40 heavy (non-hydrogen) atoms. The lowest BCUT2D eigenvalue weighted by molar-refractivity contribution is 0.0971. The van der Waals surface area contributed by atoms with Gasteiger partial charge in [-0.05, 0) is 62.7 Å². The lowest BCUT2D eigenvalue weighted by Crippen LogP contribution is -2.44. The molecule has 4 aromatic rings. The SMILES string of the molecule is Cc1cc(Nc2ncc3cc(-c4ccccc4C#N)c(=O)n(C[C@H]4CCCO4)c3n2)ccc1N1CCN(C)CC1. The van der Waals surface area contributed by atoms with Gasteiger partial charge in [-0.3, -0.25) is 9.36 Å². The fourth-order valence-electron chi connectivity index (χ4n) is 5.65. The number of pyridine rings is 1. The maximum atomic E-state index is 13.9. The largest absolute Gasteiger partial charge is 0.376 e. The van der Waals surface area contributed by atoms with Gasteiger partial charge in [-0.15, -0.1) is 0 Å². The smallest absolute Gasteiger partial charge is 0.260 e. The van der Waals surface area contributed by atoms with Crippen LogP contribution < -0.4 is 15.8 Å². The Hall–Kier alpha value is -4.26. The third kappa shape index (κ3) is 5.16. The maximum absolute atomic E-state index is 13.9. The van der Waals surface area contributed by atoms with E-state index in [1.165, 1.54) is 11.3 Å². The molecule has 9 heteroatoms. The number of likely N-dealkylation sites (N-methyl/N-ethyl adjacent to an activating group) is 1. The Morgan fingerprint density at radius 3 is 2.67 bits per heavy atom. The molecule has 2 aromatic carbocycles. The van der Waals surface area contributed by atoms with E-state index in [4.69, 9.17) is 9.72 Å². The van der Waals surface area contributed by atoms with Crippen LogP contribution in [0.3, 0.4) is 0 Å². The van der Waals surface area contributed by atoms with E-state index in [1.807, 2.05) is 12.1 Å². The molecule has 2 aliphatic rings. The molecular weight excluding hydrogens is 502 g/mol. The van der Waals surface area contributed by atoms with Crippen LogP contribution in [0.25, 0.3) is 22.2 Å². The first kappa shape index (κ1) is 26.0. The highest BCUT2D eigenvalue weighted by molar-refractivity contribution is 5.83. The molecule has 2 aromatic heterocycles. The second kappa shape index (κ2) is 11.1. The summed E-state index contributed by atoms with van der Waals surface area (Å²) >= 11 is 0. The minimum atomic E-state index is -0.192. The highest BCUT2D eigenvalue weighted by Gasteiger charge is 2.22. The Kier molecular flexibility index (Phi) is 7.20. The summed E-state index contributed by atoms with van der Waals surface area (Å²) in [7, 11) is 2.16. The van der Waals surface area contributed by atoms with Crippen molar-refractivity contribution in [3.63, 3.8) is 0 Å². The van der Waals surface area contributed by atoms with E-state index in [2.05, 4.69) is 58.3 Å². The summed E-state index contributed by atoms with van der Waals surface area (Å²) < 4.78 is 7.56. The zero-order valence-corrected chi connectivity index (χ0v) is 22.9. The van der Waals surface area contributed by atoms with Crippen LogP contribution in [0.5, 0.6) is 0 Å². The molecule has 204 valence electrons. The molecule has 2 fully saturated rings. The van der Waals surface area contributed by atoms with Crippen molar-refractivity contribution in [2.45, 2.75) is 32.4 Å². The Balaban J connectivity index is 1.36. The number of hydrogen-bond donors (Lipinski definition) is 1. The van der Waals surface area contributed by atoms with Gasteiger partial charge in [0.15, 0.2) is 0 Å². The molecule has 0 bridgehead atoms. The Labute approximate surface area is 233 Å². The van der Waals surface area contributed by atoms with Gasteiger partial charge in [-0.2, -0.15) is 10.2 Å². The van der Waals surface area contributed by atoms with E-state index >= 15 is 0 Å². The number of fused-ring (bicyclic) bond motifs is 1. The number of piperazine rings is 1. The first-order chi connectivity index (χ1) is 19.5. The third-order valence-corrected chi connectivity index (χ3v) is 7.87. The van der Waals surface area contributed by atoms with Crippen LogP contribution in [0.15, 0.2) is 59.5 Å². The lowest BCUT2D eigenvalue weighted by atomic mass is 10.0. The molecule has 6 rings (SSSR count). The van der Waals surface area contributed by atoms with Gasteiger partial charge >= 0.3 is 0 Å².